The summed E-state index contributed by atoms with van der Waals surface area (Å²) in [4.78, 5) is 10.8. The molecule has 5 nitrogen and oxygen atoms in total. The summed E-state index contributed by atoms with van der Waals surface area (Å²) in [6.07, 6.45) is 1.33. The van der Waals surface area contributed by atoms with E-state index >= 15 is 0 Å². The zero-order valence-corrected chi connectivity index (χ0v) is 11.9. The van der Waals surface area contributed by atoms with Crippen LogP contribution in [0.1, 0.15) is 5.56 Å². The Morgan fingerprint density at radius 1 is 1.53 bits per heavy atom. The van der Waals surface area contributed by atoms with Crippen LogP contribution in [0.4, 0.5) is 0 Å². The van der Waals surface area contributed by atoms with Crippen molar-refractivity contribution in [3.8, 4) is 0 Å². The molecular formula is C12H14ClNO4S. The van der Waals surface area contributed by atoms with E-state index in [1.807, 2.05) is 0 Å². The number of benzene rings is 1. The number of sulfonamides is 1. The Kier molecular flexibility index (Phi) is 5.11. The summed E-state index contributed by atoms with van der Waals surface area (Å²) in [6, 6.07) is 4.48. The van der Waals surface area contributed by atoms with Crippen LogP contribution in [-0.2, 0) is 14.8 Å². The van der Waals surface area contributed by atoms with Gasteiger partial charge in [-0.15, -0.1) is 6.58 Å². The second-order valence-corrected chi connectivity index (χ2v) is 6.16. The molecule has 1 rings (SSSR count). The third kappa shape index (κ3) is 3.56. The number of hydrogen-bond acceptors (Lipinski definition) is 3. The molecule has 7 heteroatoms. The van der Waals surface area contributed by atoms with Crippen LogP contribution >= 0.6 is 11.6 Å². The lowest BCUT2D eigenvalue weighted by Crippen LogP contribution is -2.36. The molecule has 104 valence electrons. The third-order valence-corrected chi connectivity index (χ3v) is 4.85. The molecule has 0 radical (unpaired) electrons. The molecule has 0 aliphatic rings. The topological polar surface area (TPSA) is 74.7 Å². The monoisotopic (exact) mass is 303 g/mol. The summed E-state index contributed by atoms with van der Waals surface area (Å²) in [5, 5.41) is 9.09. The normalized spacial score (nSPS) is 11.5. The minimum absolute atomic E-state index is 0.00287. The predicted octanol–water partition coefficient (Wildman–Crippen LogP) is 1.91. The van der Waals surface area contributed by atoms with E-state index in [1.165, 1.54) is 18.2 Å². The van der Waals surface area contributed by atoms with Gasteiger partial charge in [-0.1, -0.05) is 23.7 Å². The number of carbonyl (C=O) groups is 1. The van der Waals surface area contributed by atoms with Crippen molar-refractivity contribution < 1.29 is 18.3 Å². The van der Waals surface area contributed by atoms with Crippen LogP contribution in [0.5, 0.6) is 0 Å². The second kappa shape index (κ2) is 6.18. The molecule has 0 saturated carbocycles. The van der Waals surface area contributed by atoms with Gasteiger partial charge in [0.2, 0.25) is 10.0 Å². The Labute approximate surface area is 117 Å². The summed E-state index contributed by atoms with van der Waals surface area (Å²) < 4.78 is 25.6. The Bertz CT molecular complexity index is 598. The van der Waals surface area contributed by atoms with Crippen molar-refractivity contribution in [2.24, 2.45) is 0 Å². The van der Waals surface area contributed by atoms with Gasteiger partial charge in [0.25, 0.3) is 0 Å². The van der Waals surface area contributed by atoms with Gasteiger partial charge < -0.3 is 5.11 Å². The molecule has 0 spiro atoms. The van der Waals surface area contributed by atoms with E-state index in [0.29, 0.717) is 10.6 Å². The quantitative estimate of drug-likeness (QED) is 0.815. The summed E-state index contributed by atoms with van der Waals surface area (Å²) >= 11 is 5.89. The number of carboxylic acid groups (broad SMARTS) is 1. The van der Waals surface area contributed by atoms with E-state index in [4.69, 9.17) is 16.7 Å². The van der Waals surface area contributed by atoms with Crippen molar-refractivity contribution in [3.63, 3.8) is 0 Å². The highest BCUT2D eigenvalue weighted by Crippen LogP contribution is 2.25. The van der Waals surface area contributed by atoms with Gasteiger partial charge in [0.15, 0.2) is 0 Å². The van der Waals surface area contributed by atoms with Crippen LogP contribution in [0.15, 0.2) is 35.7 Å². The zero-order chi connectivity index (χ0) is 14.6. The zero-order valence-electron chi connectivity index (χ0n) is 10.3. The number of nitrogens with zero attached hydrogens (tertiary/aromatic N) is 1. The number of halogens is 1. The highest BCUT2D eigenvalue weighted by Gasteiger charge is 2.27. The molecule has 1 aromatic rings. The fourth-order valence-corrected chi connectivity index (χ4v) is 3.39. The molecule has 1 N–H and O–H groups in total. The van der Waals surface area contributed by atoms with Gasteiger partial charge >= 0.3 is 5.97 Å². The first-order valence-corrected chi connectivity index (χ1v) is 7.20. The molecule has 0 aliphatic carbocycles. The van der Waals surface area contributed by atoms with Crippen LogP contribution in [0.3, 0.4) is 0 Å². The fourth-order valence-electron chi connectivity index (χ4n) is 1.55. The molecular weight excluding hydrogens is 290 g/mol. The minimum atomic E-state index is -3.91. The Balaban J connectivity index is 3.30. The van der Waals surface area contributed by atoms with E-state index in [2.05, 4.69) is 6.58 Å². The van der Waals surface area contributed by atoms with Gasteiger partial charge in [0.05, 0.1) is 4.90 Å². The van der Waals surface area contributed by atoms with E-state index in [0.717, 1.165) is 4.31 Å². The maximum atomic E-state index is 12.4. The standard InChI is InChI=1S/C12H14ClNO4S/c1-3-7-14(8-12(15)16)19(17,18)11-6-4-5-10(13)9(11)2/h3-6H,1,7-8H2,2H3,(H,15,16). The smallest absolute Gasteiger partial charge is 0.318 e. The SMILES string of the molecule is C=CCN(CC(=O)O)S(=O)(=O)c1cccc(Cl)c1C. The molecule has 0 aliphatic heterocycles. The fraction of sp³-hybridized carbons (Fsp3) is 0.250. The lowest BCUT2D eigenvalue weighted by molar-refractivity contribution is -0.137. The lowest BCUT2D eigenvalue weighted by Gasteiger charge is -2.20. The molecule has 0 bridgehead atoms. The highest BCUT2D eigenvalue weighted by atomic mass is 35.5. The predicted molar refractivity (Wildman–Crippen MR) is 72.8 cm³/mol. The van der Waals surface area contributed by atoms with Crippen molar-refractivity contribution in [3.05, 3.63) is 41.4 Å². The molecule has 0 fully saturated rings. The van der Waals surface area contributed by atoms with Gasteiger partial charge in [-0.2, -0.15) is 4.31 Å². The summed E-state index contributed by atoms with van der Waals surface area (Å²) in [6.45, 7) is 4.29. The second-order valence-electron chi connectivity index (χ2n) is 3.84. The van der Waals surface area contributed by atoms with Crippen LogP contribution in [0, 0.1) is 6.92 Å². The van der Waals surface area contributed by atoms with Crippen LogP contribution in [0.2, 0.25) is 5.02 Å². The van der Waals surface area contributed by atoms with Crippen molar-refractivity contribution in [1.82, 2.24) is 4.31 Å². The van der Waals surface area contributed by atoms with E-state index in [1.54, 1.807) is 13.0 Å². The molecule has 0 unspecified atom stereocenters. The first-order chi connectivity index (χ1) is 8.80. The number of carboxylic acids is 1. The summed E-state index contributed by atoms with van der Waals surface area (Å²) in [7, 11) is -3.91. The van der Waals surface area contributed by atoms with Gasteiger partial charge in [-0.05, 0) is 24.6 Å². The van der Waals surface area contributed by atoms with Crippen molar-refractivity contribution in [2.75, 3.05) is 13.1 Å². The molecule has 0 saturated heterocycles. The molecule has 0 heterocycles. The molecule has 1 aromatic carbocycles. The van der Waals surface area contributed by atoms with Crippen molar-refractivity contribution in [1.29, 1.82) is 0 Å². The first kappa shape index (κ1) is 15.7. The van der Waals surface area contributed by atoms with Crippen LogP contribution < -0.4 is 0 Å². The summed E-state index contributed by atoms with van der Waals surface area (Å²) in [5.41, 5.74) is 0.392. The molecule has 0 amide bonds. The Hall–Kier alpha value is -1.37. The minimum Gasteiger partial charge on any atom is -0.480 e. The molecule has 0 atom stereocenters. The largest absolute Gasteiger partial charge is 0.480 e. The van der Waals surface area contributed by atoms with Crippen molar-refractivity contribution >= 4 is 27.6 Å². The maximum absolute atomic E-state index is 12.4. The van der Waals surface area contributed by atoms with Gasteiger partial charge in [-0.3, -0.25) is 4.79 Å². The van der Waals surface area contributed by atoms with E-state index < -0.39 is 22.5 Å². The van der Waals surface area contributed by atoms with Gasteiger partial charge in [0.1, 0.15) is 6.54 Å². The summed E-state index contributed by atoms with van der Waals surface area (Å²) in [5.74, 6) is -1.23. The van der Waals surface area contributed by atoms with Crippen LogP contribution in [0.25, 0.3) is 0 Å². The Morgan fingerprint density at radius 2 is 2.16 bits per heavy atom. The number of hydrogen-bond donors (Lipinski definition) is 1. The number of aliphatic carboxylic acids is 1. The van der Waals surface area contributed by atoms with E-state index in [9.17, 15) is 13.2 Å². The average Bonchev–Trinajstić information content (AvgIpc) is 2.31. The van der Waals surface area contributed by atoms with Gasteiger partial charge in [0, 0.05) is 11.6 Å². The Morgan fingerprint density at radius 3 is 2.68 bits per heavy atom. The van der Waals surface area contributed by atoms with Gasteiger partial charge in [-0.25, -0.2) is 8.42 Å². The van der Waals surface area contributed by atoms with Crippen molar-refractivity contribution in [2.45, 2.75) is 11.8 Å². The third-order valence-electron chi connectivity index (χ3n) is 2.48. The highest BCUT2D eigenvalue weighted by molar-refractivity contribution is 7.89. The average molecular weight is 304 g/mol. The molecule has 0 aromatic heterocycles. The van der Waals surface area contributed by atoms with E-state index in [-0.39, 0.29) is 11.4 Å². The lowest BCUT2D eigenvalue weighted by atomic mass is 10.2. The molecule has 19 heavy (non-hydrogen) atoms. The first-order valence-electron chi connectivity index (χ1n) is 5.38. The maximum Gasteiger partial charge on any atom is 0.318 e. The van der Waals surface area contributed by atoms with Crippen LogP contribution in [-0.4, -0.2) is 36.9 Å². The number of rotatable bonds is 6.